The van der Waals surface area contributed by atoms with Gasteiger partial charge in [-0.05, 0) is 90.7 Å². The van der Waals surface area contributed by atoms with Crippen LogP contribution in [0.1, 0.15) is 30.5 Å². The molecule has 0 heterocycles. The lowest BCUT2D eigenvalue weighted by Gasteiger charge is -2.24. The summed E-state index contributed by atoms with van der Waals surface area (Å²) in [5.74, 6) is 0. The average molecular weight is 750 g/mol. The fraction of sp³-hybridized carbons (Fsp3) is 0.162. The Morgan fingerprint density at radius 2 is 1.24 bits per heavy atom. The molecule has 0 atom stereocenters. The summed E-state index contributed by atoms with van der Waals surface area (Å²) < 4.78 is 103. The minimum Gasteiger partial charge on any atom is -0.367 e. The van der Waals surface area contributed by atoms with Gasteiger partial charge in [-0.15, -0.1) is 0 Å². The molecule has 0 saturated heterocycles. The minimum atomic E-state index is -4.67. The number of benzene rings is 4. The third-order valence-corrected chi connectivity index (χ3v) is 11.0. The van der Waals surface area contributed by atoms with Gasteiger partial charge in [0, 0.05) is 42.1 Å². The maximum Gasteiger partial charge on any atom is 0.295 e. The lowest BCUT2D eigenvalue weighted by Crippen LogP contribution is -2.22. The molecule has 0 amide bonds. The Kier molecular flexibility index (Phi) is 11.2. The summed E-state index contributed by atoms with van der Waals surface area (Å²) in [7, 11) is -13.4. The van der Waals surface area contributed by atoms with Gasteiger partial charge in [-0.2, -0.15) is 25.3 Å². The zero-order chi connectivity index (χ0) is 37.0. The molecule has 4 aromatic carbocycles. The van der Waals surface area contributed by atoms with Crippen molar-refractivity contribution in [3.8, 4) is 11.1 Å². The standard InChI is InChI=1S/C37H36N2O9S3/c1-3-38(25-28-8-5-11-34(23-28)49(40,41)42)32-18-14-27(15-19-32)22-31-10-7-13-36(37(31)51(46,47)48)30-16-20-33(21-17-30)39(4-2)26-29-9-6-12-35(24-29)50(43,44)45/h5-24H,3-4,25-26H2,1-2H3,(H2-,40,41,42,43,44,45,46,47,48)/p+1. The largest absolute Gasteiger partial charge is 0.367 e. The van der Waals surface area contributed by atoms with Crippen LogP contribution in [0.15, 0.2) is 136 Å². The van der Waals surface area contributed by atoms with E-state index in [0.717, 1.165) is 11.4 Å². The van der Waals surface area contributed by atoms with Crippen molar-refractivity contribution in [3.63, 3.8) is 0 Å². The normalized spacial score (nSPS) is 13.4. The highest BCUT2D eigenvalue weighted by molar-refractivity contribution is 7.86. The fourth-order valence-corrected chi connectivity index (χ4v) is 7.81. The second-order valence-corrected chi connectivity index (χ2v) is 16.0. The number of nitrogens with zero attached hydrogens (tertiary/aromatic N) is 2. The van der Waals surface area contributed by atoms with Gasteiger partial charge in [0.2, 0.25) is 0 Å². The van der Waals surface area contributed by atoms with Crippen molar-refractivity contribution >= 4 is 47.8 Å². The van der Waals surface area contributed by atoms with Gasteiger partial charge in [0.05, 0.1) is 9.79 Å². The van der Waals surface area contributed by atoms with Gasteiger partial charge in [0.1, 0.15) is 11.4 Å². The van der Waals surface area contributed by atoms with E-state index < -0.39 is 30.4 Å². The SMILES string of the molecule is CCN(Cc1cccc(S(=O)(=O)O)c1)c1ccc(-c2cccc(C=C3C=CC(=[N+](CC)Cc4cccc(S(=O)(=O)O)c4)C=C3)c2S(=O)(=O)O)cc1. The molecule has 1 aliphatic carbocycles. The first-order chi connectivity index (χ1) is 24.1. The number of hydrogen-bond donors (Lipinski definition) is 3. The number of anilines is 1. The molecule has 1 aliphatic rings. The van der Waals surface area contributed by atoms with E-state index in [2.05, 4.69) is 0 Å². The predicted molar refractivity (Wildman–Crippen MR) is 197 cm³/mol. The topological polar surface area (TPSA) is 169 Å². The number of allylic oxidation sites excluding steroid dienone is 5. The fourth-order valence-electron chi connectivity index (χ4n) is 5.82. The minimum absolute atomic E-state index is 0.182. The van der Waals surface area contributed by atoms with Gasteiger partial charge in [-0.3, -0.25) is 13.7 Å². The zero-order valence-corrected chi connectivity index (χ0v) is 30.2. The Labute approximate surface area is 298 Å². The van der Waals surface area contributed by atoms with Crippen molar-refractivity contribution in [2.75, 3.05) is 18.0 Å². The second-order valence-electron chi connectivity index (χ2n) is 11.8. The molecule has 0 aliphatic heterocycles. The third kappa shape index (κ3) is 9.35. The molecule has 0 bridgehead atoms. The Bertz CT molecular complexity index is 2400. The van der Waals surface area contributed by atoms with Gasteiger partial charge in [0.15, 0.2) is 12.3 Å². The van der Waals surface area contributed by atoms with Gasteiger partial charge in [-0.25, -0.2) is 4.58 Å². The van der Waals surface area contributed by atoms with E-state index in [0.29, 0.717) is 54.0 Å². The molecule has 5 rings (SSSR count). The molecule has 51 heavy (non-hydrogen) atoms. The Morgan fingerprint density at radius 1 is 0.667 bits per heavy atom. The van der Waals surface area contributed by atoms with E-state index in [4.69, 9.17) is 0 Å². The molecule has 14 heteroatoms. The summed E-state index contributed by atoms with van der Waals surface area (Å²) in [4.78, 5) is 1.37. The van der Waals surface area contributed by atoms with Gasteiger partial charge in [-0.1, -0.05) is 54.6 Å². The van der Waals surface area contributed by atoms with Crippen LogP contribution in [0.4, 0.5) is 5.69 Å². The quantitative estimate of drug-likeness (QED) is 0.110. The van der Waals surface area contributed by atoms with Gasteiger partial charge in [0.25, 0.3) is 30.4 Å². The molecule has 3 N–H and O–H groups in total. The average Bonchev–Trinajstić information content (AvgIpc) is 3.09. The molecule has 0 saturated carbocycles. The number of hydrogen-bond acceptors (Lipinski definition) is 7. The summed E-state index contributed by atoms with van der Waals surface area (Å²) in [6.45, 7) is 5.81. The molecular formula is C37H37N2O9S3+. The summed E-state index contributed by atoms with van der Waals surface area (Å²) >= 11 is 0. The van der Waals surface area contributed by atoms with E-state index in [1.165, 1.54) is 24.3 Å². The van der Waals surface area contributed by atoms with Crippen LogP contribution in [0.2, 0.25) is 0 Å². The summed E-state index contributed by atoms with van der Waals surface area (Å²) in [6.07, 6.45) is 9.00. The third-order valence-electron chi connectivity index (χ3n) is 8.33. The molecule has 0 fully saturated rings. The predicted octanol–water partition coefficient (Wildman–Crippen LogP) is 6.30. The summed E-state index contributed by atoms with van der Waals surface area (Å²) in [5, 5.41) is 0. The Balaban J connectivity index is 1.41. The van der Waals surface area contributed by atoms with Crippen molar-refractivity contribution in [1.29, 1.82) is 0 Å². The first-order valence-corrected chi connectivity index (χ1v) is 20.2. The van der Waals surface area contributed by atoms with Gasteiger partial charge < -0.3 is 4.90 Å². The van der Waals surface area contributed by atoms with E-state index >= 15 is 0 Å². The van der Waals surface area contributed by atoms with Crippen LogP contribution in [0, 0.1) is 0 Å². The van der Waals surface area contributed by atoms with Crippen molar-refractivity contribution in [3.05, 3.63) is 138 Å². The molecule has 4 aromatic rings. The van der Waals surface area contributed by atoms with Crippen LogP contribution in [0.25, 0.3) is 17.2 Å². The van der Waals surface area contributed by atoms with Gasteiger partial charge >= 0.3 is 0 Å². The molecule has 11 nitrogen and oxygen atoms in total. The molecule has 0 radical (unpaired) electrons. The Morgan fingerprint density at radius 3 is 1.78 bits per heavy atom. The highest BCUT2D eigenvalue weighted by atomic mass is 32.2. The molecule has 0 aromatic heterocycles. The van der Waals surface area contributed by atoms with Crippen molar-refractivity contribution in [2.24, 2.45) is 0 Å². The lowest BCUT2D eigenvalue weighted by atomic mass is 9.99. The maximum atomic E-state index is 12.8. The van der Waals surface area contributed by atoms with E-state index in [9.17, 15) is 38.9 Å². The molecule has 0 spiro atoms. The van der Waals surface area contributed by atoms with Crippen LogP contribution in [0.3, 0.4) is 0 Å². The molecule has 0 unspecified atom stereocenters. The summed E-state index contributed by atoms with van der Waals surface area (Å²) in [6, 6.07) is 24.2. The zero-order valence-electron chi connectivity index (χ0n) is 27.8. The van der Waals surface area contributed by atoms with Crippen LogP contribution < -0.4 is 4.90 Å². The van der Waals surface area contributed by atoms with Crippen LogP contribution in [0.5, 0.6) is 0 Å². The second kappa shape index (κ2) is 15.3. The first kappa shape index (κ1) is 37.6. The van der Waals surface area contributed by atoms with Crippen molar-refractivity contribution < 1.29 is 43.5 Å². The monoisotopic (exact) mass is 749 g/mol. The van der Waals surface area contributed by atoms with Crippen molar-refractivity contribution in [2.45, 2.75) is 41.6 Å². The molecule has 266 valence electrons. The van der Waals surface area contributed by atoms with E-state index in [-0.39, 0.29) is 20.2 Å². The van der Waals surface area contributed by atoms with Crippen LogP contribution in [-0.2, 0) is 43.4 Å². The highest BCUT2D eigenvalue weighted by Crippen LogP contribution is 2.33. The summed E-state index contributed by atoms with van der Waals surface area (Å²) in [5.41, 5.74) is 4.82. The number of rotatable bonds is 12. The maximum absolute atomic E-state index is 12.8. The molecular weight excluding hydrogens is 713 g/mol. The Hall–Kier alpha value is -4.70. The van der Waals surface area contributed by atoms with Crippen molar-refractivity contribution in [1.82, 2.24) is 0 Å². The van der Waals surface area contributed by atoms with E-state index in [1.54, 1.807) is 60.7 Å². The van der Waals surface area contributed by atoms with Crippen LogP contribution in [-0.4, -0.2) is 62.3 Å². The highest BCUT2D eigenvalue weighted by Gasteiger charge is 2.22. The lowest BCUT2D eigenvalue weighted by molar-refractivity contribution is -0.539. The van der Waals surface area contributed by atoms with Crippen LogP contribution >= 0.6 is 0 Å². The smallest absolute Gasteiger partial charge is 0.295 e. The first-order valence-electron chi connectivity index (χ1n) is 15.9. The van der Waals surface area contributed by atoms with E-state index in [1.807, 2.05) is 59.8 Å².